The number of non-ortho nitro benzene ring substituents is 1. The largest absolute Gasteiger partial charge is 0.453 e. The van der Waals surface area contributed by atoms with E-state index in [0.717, 1.165) is 11.5 Å². The molecule has 0 saturated heterocycles. The number of benzene rings is 3. The number of nitrogens with zero attached hydrogens (tertiary/aromatic N) is 2. The van der Waals surface area contributed by atoms with Crippen molar-refractivity contribution >= 4 is 67.1 Å². The summed E-state index contributed by atoms with van der Waals surface area (Å²) in [5, 5.41) is 18.1. The van der Waals surface area contributed by atoms with Gasteiger partial charge >= 0.3 is 0 Å². The third kappa shape index (κ3) is 4.44. The molecule has 0 spiro atoms. The first kappa shape index (κ1) is 22.2. The number of ether oxygens (including phenoxy) is 1. The molecule has 0 aliphatic carbocycles. The van der Waals surface area contributed by atoms with Gasteiger partial charge in [0.05, 0.1) is 42.3 Å². The van der Waals surface area contributed by atoms with E-state index < -0.39 is 14.9 Å². The van der Waals surface area contributed by atoms with Crippen molar-refractivity contribution in [2.75, 3.05) is 4.72 Å². The number of hydrogen-bond acceptors (Lipinski definition) is 6. The van der Waals surface area contributed by atoms with E-state index in [2.05, 4.69) is 14.9 Å². The average molecular weight is 514 g/mol. The first-order valence-electron chi connectivity index (χ1n) is 8.71. The first-order valence-corrected chi connectivity index (χ1v) is 11.3. The van der Waals surface area contributed by atoms with Gasteiger partial charge in [-0.05, 0) is 36.4 Å². The van der Waals surface area contributed by atoms with E-state index in [0.29, 0.717) is 11.2 Å². The van der Waals surface area contributed by atoms with Gasteiger partial charge in [0.1, 0.15) is 5.75 Å². The summed E-state index contributed by atoms with van der Waals surface area (Å²) in [6.45, 7) is 0. The molecule has 3 aromatic carbocycles. The molecule has 0 radical (unpaired) electrons. The van der Waals surface area contributed by atoms with Crippen LogP contribution in [0, 0.1) is 10.1 Å². The number of hydrogen-bond donors (Lipinski definition) is 2. The molecule has 1 aromatic heterocycles. The predicted molar refractivity (Wildman–Crippen MR) is 122 cm³/mol. The lowest BCUT2D eigenvalue weighted by Gasteiger charge is -2.13. The van der Waals surface area contributed by atoms with Gasteiger partial charge in [0, 0.05) is 17.5 Å². The quantitative estimate of drug-likeness (QED) is 0.239. The zero-order chi connectivity index (χ0) is 23.0. The van der Waals surface area contributed by atoms with Crippen molar-refractivity contribution in [1.29, 1.82) is 0 Å². The van der Waals surface area contributed by atoms with Crippen LogP contribution in [0.2, 0.25) is 15.1 Å². The highest BCUT2D eigenvalue weighted by molar-refractivity contribution is 7.92. The van der Waals surface area contributed by atoms with Crippen LogP contribution in [-0.4, -0.2) is 23.5 Å². The van der Waals surface area contributed by atoms with E-state index in [1.165, 1.54) is 24.3 Å². The second kappa shape index (κ2) is 8.47. The predicted octanol–water partition coefficient (Wildman–Crippen LogP) is 6.02. The van der Waals surface area contributed by atoms with Gasteiger partial charge in [0.2, 0.25) is 0 Å². The Labute approximate surface area is 196 Å². The lowest BCUT2D eigenvalue weighted by atomic mass is 10.2. The molecule has 0 aliphatic rings. The summed E-state index contributed by atoms with van der Waals surface area (Å²) < 4.78 is 33.7. The fraction of sp³-hybridized carbons (Fsp3) is 0. The topological polar surface area (TPSA) is 127 Å². The van der Waals surface area contributed by atoms with Gasteiger partial charge in [-0.1, -0.05) is 34.8 Å². The molecular formula is C19H11Cl3N4O5S. The number of nitrogens with one attached hydrogen (secondary N) is 2. The molecule has 4 rings (SSSR count). The third-order valence-electron chi connectivity index (χ3n) is 4.31. The van der Waals surface area contributed by atoms with Gasteiger partial charge in [-0.2, -0.15) is 5.10 Å². The van der Waals surface area contributed by atoms with Gasteiger partial charge in [0.15, 0.2) is 5.75 Å². The first-order chi connectivity index (χ1) is 15.1. The summed E-state index contributed by atoms with van der Waals surface area (Å²) in [5.41, 5.74) is 0.748. The van der Waals surface area contributed by atoms with Gasteiger partial charge in [-0.25, -0.2) is 8.42 Å². The van der Waals surface area contributed by atoms with Crippen molar-refractivity contribution in [3.8, 4) is 11.5 Å². The fourth-order valence-corrected chi connectivity index (χ4v) is 4.81. The molecular weight excluding hydrogens is 503 g/mol. The standard InChI is InChI=1S/C19H11Cl3N4O5S/c20-14-6-12(26(27)28)3-4-18(14)31-19-15(21)7-13(8-16(19)22)32(29,30)25-11-2-1-10-9-23-24-17(10)5-11/h1-9,25H,(H,23,24). The highest BCUT2D eigenvalue weighted by Crippen LogP contribution is 2.41. The van der Waals surface area contributed by atoms with Crippen LogP contribution in [0.1, 0.15) is 0 Å². The van der Waals surface area contributed by atoms with Crippen LogP contribution in [0.5, 0.6) is 11.5 Å². The average Bonchev–Trinajstić information content (AvgIpc) is 3.19. The molecule has 2 N–H and O–H groups in total. The van der Waals surface area contributed by atoms with Crippen LogP contribution < -0.4 is 9.46 Å². The van der Waals surface area contributed by atoms with E-state index in [1.54, 1.807) is 24.4 Å². The minimum Gasteiger partial charge on any atom is -0.453 e. The summed E-state index contributed by atoms with van der Waals surface area (Å²) in [5.74, 6) is 0.00424. The summed E-state index contributed by atoms with van der Waals surface area (Å²) in [7, 11) is -4.03. The molecule has 0 amide bonds. The van der Waals surface area contributed by atoms with Crippen LogP contribution in [0.4, 0.5) is 11.4 Å². The summed E-state index contributed by atoms with van der Waals surface area (Å²) in [6.07, 6.45) is 1.61. The van der Waals surface area contributed by atoms with Crippen LogP contribution in [0.25, 0.3) is 10.9 Å². The number of anilines is 1. The number of nitro benzene ring substituents is 1. The van der Waals surface area contributed by atoms with Crippen molar-refractivity contribution in [3.05, 3.63) is 79.9 Å². The number of aromatic nitrogens is 2. The lowest BCUT2D eigenvalue weighted by molar-refractivity contribution is -0.384. The molecule has 0 aliphatic heterocycles. The molecule has 0 fully saturated rings. The maximum absolute atomic E-state index is 12.8. The molecule has 0 atom stereocenters. The van der Waals surface area contributed by atoms with Crippen LogP contribution in [0.3, 0.4) is 0 Å². The zero-order valence-corrected chi connectivity index (χ0v) is 18.8. The molecule has 13 heteroatoms. The number of halogens is 3. The van der Waals surface area contributed by atoms with E-state index in [-0.39, 0.29) is 37.1 Å². The molecule has 0 bridgehead atoms. The van der Waals surface area contributed by atoms with Gasteiger partial charge in [-0.3, -0.25) is 19.9 Å². The molecule has 9 nitrogen and oxygen atoms in total. The highest BCUT2D eigenvalue weighted by Gasteiger charge is 2.21. The summed E-state index contributed by atoms with van der Waals surface area (Å²) in [6, 6.07) is 10.8. The number of fused-ring (bicyclic) bond motifs is 1. The van der Waals surface area contributed by atoms with Crippen LogP contribution >= 0.6 is 34.8 Å². The normalized spacial score (nSPS) is 11.5. The van der Waals surface area contributed by atoms with Crippen LogP contribution in [0.15, 0.2) is 59.6 Å². The van der Waals surface area contributed by atoms with E-state index in [9.17, 15) is 18.5 Å². The van der Waals surface area contributed by atoms with Gasteiger partial charge < -0.3 is 4.74 Å². The Morgan fingerprint density at radius 2 is 1.72 bits per heavy atom. The molecule has 164 valence electrons. The SMILES string of the molecule is O=[N+]([O-])c1ccc(Oc2c(Cl)cc(S(=O)(=O)Nc3ccc4cn[nH]c4c3)cc2Cl)c(Cl)c1. The molecule has 32 heavy (non-hydrogen) atoms. The number of sulfonamides is 1. The maximum atomic E-state index is 12.8. The molecule has 0 saturated carbocycles. The van der Waals surface area contributed by atoms with Crippen molar-refractivity contribution in [2.24, 2.45) is 0 Å². The van der Waals surface area contributed by atoms with Gasteiger partial charge in [0.25, 0.3) is 15.7 Å². The summed E-state index contributed by atoms with van der Waals surface area (Å²) in [4.78, 5) is 10.0. The number of H-pyrrole nitrogens is 1. The highest BCUT2D eigenvalue weighted by atomic mass is 35.5. The Morgan fingerprint density at radius 3 is 2.38 bits per heavy atom. The zero-order valence-electron chi connectivity index (χ0n) is 15.7. The van der Waals surface area contributed by atoms with Crippen molar-refractivity contribution in [1.82, 2.24) is 10.2 Å². The van der Waals surface area contributed by atoms with Gasteiger partial charge in [-0.15, -0.1) is 0 Å². The van der Waals surface area contributed by atoms with Crippen molar-refractivity contribution in [2.45, 2.75) is 4.90 Å². The van der Waals surface area contributed by atoms with Crippen molar-refractivity contribution < 1.29 is 18.1 Å². The second-order valence-electron chi connectivity index (χ2n) is 6.47. The maximum Gasteiger partial charge on any atom is 0.271 e. The Kier molecular flexibility index (Phi) is 5.87. The molecule has 0 unspecified atom stereocenters. The Balaban J connectivity index is 1.62. The smallest absolute Gasteiger partial charge is 0.271 e. The third-order valence-corrected chi connectivity index (χ3v) is 6.53. The minimum absolute atomic E-state index is 0.0427. The Bertz CT molecular complexity index is 1450. The van der Waals surface area contributed by atoms with E-state index >= 15 is 0 Å². The van der Waals surface area contributed by atoms with Crippen LogP contribution in [-0.2, 0) is 10.0 Å². The Hall–Kier alpha value is -3.05. The van der Waals surface area contributed by atoms with E-state index in [4.69, 9.17) is 39.5 Å². The summed E-state index contributed by atoms with van der Waals surface area (Å²) >= 11 is 18.5. The molecule has 1 heterocycles. The lowest BCUT2D eigenvalue weighted by Crippen LogP contribution is -2.13. The minimum atomic E-state index is -4.03. The number of nitro groups is 1. The number of rotatable bonds is 6. The van der Waals surface area contributed by atoms with Crippen molar-refractivity contribution in [3.63, 3.8) is 0 Å². The Morgan fingerprint density at radius 1 is 1.00 bits per heavy atom. The monoisotopic (exact) mass is 512 g/mol. The fourth-order valence-electron chi connectivity index (χ4n) is 2.80. The van der Waals surface area contributed by atoms with E-state index in [1.807, 2.05) is 0 Å². The number of aromatic amines is 1. The second-order valence-corrected chi connectivity index (χ2v) is 9.37. The molecule has 4 aromatic rings.